The fourth-order valence-corrected chi connectivity index (χ4v) is 3.51. The van der Waals surface area contributed by atoms with Crippen molar-refractivity contribution in [2.75, 3.05) is 5.32 Å². The van der Waals surface area contributed by atoms with Crippen LogP contribution in [0.25, 0.3) is 5.65 Å². The lowest BCUT2D eigenvalue weighted by molar-refractivity contribution is 0.126. The van der Waals surface area contributed by atoms with Crippen molar-refractivity contribution in [3.8, 4) is 0 Å². The van der Waals surface area contributed by atoms with Gasteiger partial charge in [-0.15, -0.1) is 5.10 Å². The van der Waals surface area contributed by atoms with Gasteiger partial charge in [-0.2, -0.15) is 0 Å². The molecule has 25 heavy (non-hydrogen) atoms. The number of hydrogen-bond donors (Lipinski definition) is 2. The van der Waals surface area contributed by atoms with Crippen molar-refractivity contribution in [1.29, 1.82) is 0 Å². The summed E-state index contributed by atoms with van der Waals surface area (Å²) in [5, 5.41) is 17.9. The first-order chi connectivity index (χ1) is 12.3. The van der Waals surface area contributed by atoms with Gasteiger partial charge in [0.05, 0.1) is 18.0 Å². The van der Waals surface area contributed by atoms with Gasteiger partial charge in [0.25, 0.3) is 0 Å². The first kappa shape index (κ1) is 16.1. The summed E-state index contributed by atoms with van der Waals surface area (Å²) in [5.41, 5.74) is 3.33. The maximum absolute atomic E-state index is 9.64. The Labute approximate surface area is 147 Å². The van der Waals surface area contributed by atoms with Crippen LogP contribution in [0, 0.1) is 0 Å². The molecule has 0 bridgehead atoms. The molecule has 1 saturated carbocycles. The molecule has 0 unspecified atom stereocenters. The number of imidazole rings is 1. The lowest BCUT2D eigenvalue weighted by atomic mass is 9.93. The molecule has 0 atom stereocenters. The normalized spacial score (nSPS) is 20.7. The Hall–Kier alpha value is -2.40. The number of rotatable bonds is 5. The lowest BCUT2D eigenvalue weighted by Crippen LogP contribution is -2.28. The fraction of sp³-hybridized carbons (Fsp3) is 0.400. The van der Waals surface area contributed by atoms with Gasteiger partial charge in [-0.3, -0.25) is 0 Å². The molecule has 130 valence electrons. The number of aromatic nitrogens is 3. The van der Waals surface area contributed by atoms with Crippen LogP contribution in [-0.4, -0.2) is 31.9 Å². The Kier molecular flexibility index (Phi) is 4.65. The van der Waals surface area contributed by atoms with Crippen LogP contribution >= 0.6 is 0 Å². The molecule has 0 spiro atoms. The predicted molar refractivity (Wildman–Crippen MR) is 98.7 cm³/mol. The number of aliphatic hydroxyl groups excluding tert-OH is 1. The minimum atomic E-state index is -0.133. The molecule has 1 aliphatic rings. The molecule has 2 aromatic heterocycles. The van der Waals surface area contributed by atoms with Crippen LogP contribution in [0.3, 0.4) is 0 Å². The second kappa shape index (κ2) is 7.23. The highest BCUT2D eigenvalue weighted by Crippen LogP contribution is 2.21. The average Bonchev–Trinajstić information content (AvgIpc) is 3.05. The highest BCUT2D eigenvalue weighted by Gasteiger charge is 2.19. The van der Waals surface area contributed by atoms with E-state index in [1.54, 1.807) is 0 Å². The standard InChI is InChI=1S/C20H24N4O/c25-18-10-7-16(8-11-18)22-19-12-13-20-21-14-17(24(20)23-19)9-6-15-4-2-1-3-5-15/h1-5,12-14,16,18,25H,6-11H2,(H,22,23)/t16-,18-. The molecule has 0 saturated heterocycles. The van der Waals surface area contributed by atoms with Crippen LogP contribution in [0.2, 0.25) is 0 Å². The monoisotopic (exact) mass is 336 g/mol. The van der Waals surface area contributed by atoms with Gasteiger partial charge in [-0.1, -0.05) is 30.3 Å². The molecule has 4 rings (SSSR count). The summed E-state index contributed by atoms with van der Waals surface area (Å²) < 4.78 is 1.95. The van der Waals surface area contributed by atoms with Crippen LogP contribution in [0.15, 0.2) is 48.7 Å². The van der Waals surface area contributed by atoms with Crippen LogP contribution in [-0.2, 0) is 12.8 Å². The molecule has 1 fully saturated rings. The molecular weight excluding hydrogens is 312 g/mol. The van der Waals surface area contributed by atoms with Crippen LogP contribution < -0.4 is 5.32 Å². The summed E-state index contributed by atoms with van der Waals surface area (Å²) >= 11 is 0. The third kappa shape index (κ3) is 3.82. The van der Waals surface area contributed by atoms with E-state index < -0.39 is 0 Å². The Morgan fingerprint density at radius 1 is 1.00 bits per heavy atom. The minimum Gasteiger partial charge on any atom is -0.393 e. The van der Waals surface area contributed by atoms with Crippen molar-refractivity contribution in [3.05, 3.63) is 59.9 Å². The van der Waals surface area contributed by atoms with Gasteiger partial charge in [-0.05, 0) is 56.2 Å². The smallest absolute Gasteiger partial charge is 0.153 e. The van der Waals surface area contributed by atoms with Gasteiger partial charge in [0.2, 0.25) is 0 Å². The van der Waals surface area contributed by atoms with Crippen LogP contribution in [0.4, 0.5) is 5.82 Å². The number of hydrogen-bond acceptors (Lipinski definition) is 4. The third-order valence-electron chi connectivity index (χ3n) is 4.99. The van der Waals surface area contributed by atoms with Crippen molar-refractivity contribution in [1.82, 2.24) is 14.6 Å². The molecule has 0 radical (unpaired) electrons. The zero-order valence-electron chi connectivity index (χ0n) is 14.3. The summed E-state index contributed by atoms with van der Waals surface area (Å²) in [4.78, 5) is 4.47. The Morgan fingerprint density at radius 3 is 2.60 bits per heavy atom. The Bertz CT molecular complexity index is 822. The summed E-state index contributed by atoms with van der Waals surface area (Å²) in [6, 6.07) is 14.9. The van der Waals surface area contributed by atoms with E-state index in [2.05, 4.69) is 34.6 Å². The molecular formula is C20H24N4O. The van der Waals surface area contributed by atoms with Crippen molar-refractivity contribution >= 4 is 11.5 Å². The van der Waals surface area contributed by atoms with Crippen molar-refractivity contribution in [2.45, 2.75) is 50.7 Å². The number of aryl methyl sites for hydroxylation is 2. The zero-order valence-corrected chi connectivity index (χ0v) is 14.3. The highest BCUT2D eigenvalue weighted by atomic mass is 16.3. The maximum Gasteiger partial charge on any atom is 0.153 e. The van der Waals surface area contributed by atoms with E-state index in [0.717, 1.165) is 55.7 Å². The molecule has 1 aliphatic carbocycles. The van der Waals surface area contributed by atoms with Gasteiger partial charge in [-0.25, -0.2) is 9.50 Å². The molecule has 3 aromatic rings. The second-order valence-electron chi connectivity index (χ2n) is 6.87. The first-order valence-corrected chi connectivity index (χ1v) is 9.10. The van der Waals surface area contributed by atoms with Crippen LogP contribution in [0.5, 0.6) is 0 Å². The number of fused-ring (bicyclic) bond motifs is 1. The molecule has 2 heterocycles. The largest absolute Gasteiger partial charge is 0.393 e. The summed E-state index contributed by atoms with van der Waals surface area (Å²) in [6.45, 7) is 0. The second-order valence-corrected chi connectivity index (χ2v) is 6.87. The van der Waals surface area contributed by atoms with Crippen LogP contribution in [0.1, 0.15) is 36.9 Å². The number of benzene rings is 1. The van der Waals surface area contributed by atoms with Gasteiger partial charge in [0, 0.05) is 6.04 Å². The minimum absolute atomic E-state index is 0.133. The van der Waals surface area contributed by atoms with Gasteiger partial charge >= 0.3 is 0 Å². The Morgan fingerprint density at radius 2 is 1.80 bits per heavy atom. The topological polar surface area (TPSA) is 62.5 Å². The lowest BCUT2D eigenvalue weighted by Gasteiger charge is -2.26. The van der Waals surface area contributed by atoms with E-state index >= 15 is 0 Å². The summed E-state index contributed by atoms with van der Waals surface area (Å²) in [7, 11) is 0. The molecule has 1 aromatic carbocycles. The third-order valence-corrected chi connectivity index (χ3v) is 4.99. The molecule has 0 aliphatic heterocycles. The van der Waals surface area contributed by atoms with Gasteiger partial charge in [0.1, 0.15) is 5.82 Å². The summed E-state index contributed by atoms with van der Waals surface area (Å²) in [5.74, 6) is 0.882. The van der Waals surface area contributed by atoms with E-state index in [0.29, 0.717) is 6.04 Å². The van der Waals surface area contributed by atoms with E-state index in [9.17, 15) is 5.11 Å². The number of aliphatic hydroxyl groups is 1. The van der Waals surface area contributed by atoms with E-state index in [1.807, 2.05) is 28.9 Å². The van der Waals surface area contributed by atoms with Crippen molar-refractivity contribution in [2.24, 2.45) is 0 Å². The fourth-order valence-electron chi connectivity index (χ4n) is 3.51. The van der Waals surface area contributed by atoms with E-state index in [4.69, 9.17) is 5.10 Å². The number of nitrogens with zero attached hydrogens (tertiary/aromatic N) is 3. The number of anilines is 1. The van der Waals surface area contributed by atoms with Crippen molar-refractivity contribution in [3.63, 3.8) is 0 Å². The molecule has 5 heteroatoms. The van der Waals surface area contributed by atoms with Crippen molar-refractivity contribution < 1.29 is 5.11 Å². The van der Waals surface area contributed by atoms with Gasteiger partial charge < -0.3 is 10.4 Å². The van der Waals surface area contributed by atoms with Gasteiger partial charge in [0.15, 0.2) is 5.65 Å². The predicted octanol–water partition coefficient (Wildman–Crippen LogP) is 3.23. The number of nitrogens with one attached hydrogen (secondary N) is 1. The Balaban J connectivity index is 1.47. The van der Waals surface area contributed by atoms with E-state index in [1.165, 1.54) is 5.56 Å². The van der Waals surface area contributed by atoms with E-state index in [-0.39, 0.29) is 6.10 Å². The zero-order chi connectivity index (χ0) is 17.1. The SMILES string of the molecule is O[C@H]1CC[C@H](Nc2ccc3ncc(CCc4ccccc4)n3n2)CC1. The first-order valence-electron chi connectivity index (χ1n) is 9.10. The average molecular weight is 336 g/mol. The molecule has 2 N–H and O–H groups in total. The highest BCUT2D eigenvalue weighted by molar-refractivity contribution is 5.46. The maximum atomic E-state index is 9.64. The molecule has 5 nitrogen and oxygen atoms in total. The molecule has 0 amide bonds. The quantitative estimate of drug-likeness (QED) is 0.751. The summed E-state index contributed by atoms with van der Waals surface area (Å²) in [6.07, 6.45) is 7.40.